The van der Waals surface area contributed by atoms with Gasteiger partial charge in [0.05, 0.1) is 5.69 Å². The second-order valence-corrected chi connectivity index (χ2v) is 6.76. The van der Waals surface area contributed by atoms with Gasteiger partial charge < -0.3 is 11.1 Å². The lowest BCUT2D eigenvalue weighted by atomic mass is 10.3. The Morgan fingerprint density at radius 2 is 2.10 bits per heavy atom. The fourth-order valence-corrected chi connectivity index (χ4v) is 3.01. The van der Waals surface area contributed by atoms with Gasteiger partial charge in [0.2, 0.25) is 15.9 Å². The fraction of sp³-hybridized carbons (Fsp3) is 0.462. The Labute approximate surface area is 123 Å². The van der Waals surface area contributed by atoms with Crippen LogP contribution in [-0.4, -0.2) is 26.9 Å². The van der Waals surface area contributed by atoms with E-state index in [0.717, 1.165) is 31.0 Å². The quantitative estimate of drug-likeness (QED) is 0.510. The van der Waals surface area contributed by atoms with Gasteiger partial charge >= 0.3 is 0 Å². The number of halogens is 1. The van der Waals surface area contributed by atoms with Gasteiger partial charge in [-0.05, 0) is 37.5 Å². The van der Waals surface area contributed by atoms with Crippen LogP contribution < -0.4 is 15.8 Å². The van der Waals surface area contributed by atoms with E-state index in [2.05, 4.69) is 10.0 Å². The van der Waals surface area contributed by atoms with Crippen molar-refractivity contribution in [2.24, 2.45) is 0 Å². The number of anilines is 1. The molecular weight excluding hydrogens is 297 g/mol. The SMILES string of the molecule is Nc1cc(F)ccc1S(=O)(=O)NCCCC(=O)NC1CC1. The number of nitrogens with one attached hydrogen (secondary N) is 2. The van der Waals surface area contributed by atoms with E-state index in [9.17, 15) is 17.6 Å². The van der Waals surface area contributed by atoms with E-state index in [0.29, 0.717) is 12.5 Å². The van der Waals surface area contributed by atoms with Crippen molar-refractivity contribution in [1.29, 1.82) is 0 Å². The van der Waals surface area contributed by atoms with E-state index >= 15 is 0 Å². The first-order chi connectivity index (χ1) is 9.88. The highest BCUT2D eigenvalue weighted by atomic mass is 32.2. The molecule has 0 unspecified atom stereocenters. The average Bonchev–Trinajstić information content (AvgIpc) is 3.18. The Balaban J connectivity index is 1.81. The van der Waals surface area contributed by atoms with Crippen LogP contribution in [0.25, 0.3) is 0 Å². The summed E-state index contributed by atoms with van der Waals surface area (Å²) in [5.41, 5.74) is 5.35. The standard InChI is InChI=1S/C13H18FN3O3S/c14-9-3-6-12(11(15)8-9)21(19,20)16-7-1-2-13(18)17-10-4-5-10/h3,6,8,10,16H,1-2,4-5,7,15H2,(H,17,18). The lowest BCUT2D eigenvalue weighted by molar-refractivity contribution is -0.121. The first kappa shape index (κ1) is 15.7. The number of rotatable bonds is 7. The highest BCUT2D eigenvalue weighted by molar-refractivity contribution is 7.89. The number of nitrogen functional groups attached to an aromatic ring is 1. The molecular formula is C13H18FN3O3S. The Kier molecular flexibility index (Phi) is 4.79. The van der Waals surface area contributed by atoms with Crippen LogP contribution in [0.5, 0.6) is 0 Å². The molecule has 1 aromatic rings. The average molecular weight is 315 g/mol. The van der Waals surface area contributed by atoms with Gasteiger partial charge in [-0.2, -0.15) is 0 Å². The lowest BCUT2D eigenvalue weighted by Gasteiger charge is -2.09. The first-order valence-corrected chi connectivity index (χ1v) is 8.21. The third-order valence-electron chi connectivity index (χ3n) is 3.08. The smallest absolute Gasteiger partial charge is 0.242 e. The third kappa shape index (κ3) is 4.68. The van der Waals surface area contributed by atoms with E-state index in [-0.39, 0.29) is 29.5 Å². The van der Waals surface area contributed by atoms with Gasteiger partial charge in [-0.1, -0.05) is 0 Å². The summed E-state index contributed by atoms with van der Waals surface area (Å²) < 4.78 is 39.2. The molecule has 116 valence electrons. The second kappa shape index (κ2) is 6.40. The molecule has 1 aromatic carbocycles. The summed E-state index contributed by atoms with van der Waals surface area (Å²) in [5.74, 6) is -0.666. The highest BCUT2D eigenvalue weighted by Gasteiger charge is 2.23. The molecule has 6 nitrogen and oxygen atoms in total. The van der Waals surface area contributed by atoms with Gasteiger partial charge in [0.15, 0.2) is 0 Å². The predicted molar refractivity (Wildman–Crippen MR) is 76.4 cm³/mol. The van der Waals surface area contributed by atoms with Gasteiger partial charge in [-0.25, -0.2) is 17.5 Å². The van der Waals surface area contributed by atoms with Gasteiger partial charge in [-0.15, -0.1) is 0 Å². The molecule has 2 rings (SSSR count). The fourth-order valence-electron chi connectivity index (χ4n) is 1.82. The van der Waals surface area contributed by atoms with E-state index in [1.807, 2.05) is 0 Å². The van der Waals surface area contributed by atoms with Crippen molar-refractivity contribution in [3.05, 3.63) is 24.0 Å². The van der Waals surface area contributed by atoms with Gasteiger partial charge in [0, 0.05) is 19.0 Å². The number of benzene rings is 1. The zero-order valence-electron chi connectivity index (χ0n) is 11.4. The molecule has 0 saturated heterocycles. The molecule has 0 atom stereocenters. The van der Waals surface area contributed by atoms with Crippen molar-refractivity contribution in [1.82, 2.24) is 10.0 Å². The van der Waals surface area contributed by atoms with Crippen LogP contribution in [0, 0.1) is 5.82 Å². The molecule has 1 aliphatic rings. The van der Waals surface area contributed by atoms with E-state index in [1.54, 1.807) is 0 Å². The number of amides is 1. The molecule has 8 heteroatoms. The van der Waals surface area contributed by atoms with Gasteiger partial charge in [0.25, 0.3) is 0 Å². The molecule has 1 fully saturated rings. The van der Waals surface area contributed by atoms with Crippen LogP contribution in [0.3, 0.4) is 0 Å². The summed E-state index contributed by atoms with van der Waals surface area (Å²) in [6.45, 7) is 0.122. The third-order valence-corrected chi connectivity index (χ3v) is 4.61. The summed E-state index contributed by atoms with van der Waals surface area (Å²) in [7, 11) is -3.79. The summed E-state index contributed by atoms with van der Waals surface area (Å²) >= 11 is 0. The minimum Gasteiger partial charge on any atom is -0.398 e. The minimum absolute atomic E-state index is 0.0713. The number of sulfonamides is 1. The van der Waals surface area contributed by atoms with Gasteiger partial charge in [0.1, 0.15) is 10.7 Å². The maximum absolute atomic E-state index is 12.9. The number of hydrogen-bond acceptors (Lipinski definition) is 4. The monoisotopic (exact) mass is 315 g/mol. The molecule has 4 N–H and O–H groups in total. The zero-order chi connectivity index (χ0) is 15.5. The molecule has 0 spiro atoms. The molecule has 0 bridgehead atoms. The molecule has 0 heterocycles. The molecule has 1 amide bonds. The number of nitrogens with two attached hydrogens (primary N) is 1. The molecule has 0 aliphatic heterocycles. The summed E-state index contributed by atoms with van der Waals surface area (Å²) in [5, 5.41) is 2.82. The van der Waals surface area contributed by atoms with Crippen molar-refractivity contribution < 1.29 is 17.6 Å². The molecule has 21 heavy (non-hydrogen) atoms. The Hall–Kier alpha value is -1.67. The van der Waals surface area contributed by atoms with Crippen LogP contribution in [0.15, 0.2) is 23.1 Å². The summed E-state index contributed by atoms with van der Waals surface area (Å²) in [6.07, 6.45) is 2.68. The van der Waals surface area contributed by atoms with E-state index in [1.165, 1.54) is 0 Å². The van der Waals surface area contributed by atoms with E-state index < -0.39 is 15.8 Å². The first-order valence-electron chi connectivity index (χ1n) is 6.72. The molecule has 0 aromatic heterocycles. The van der Waals surface area contributed by atoms with Crippen LogP contribution in [0.2, 0.25) is 0 Å². The topological polar surface area (TPSA) is 101 Å². The normalized spacial score (nSPS) is 14.9. The predicted octanol–water partition coefficient (Wildman–Crippen LogP) is 0.745. The van der Waals surface area contributed by atoms with Crippen molar-refractivity contribution in [3.8, 4) is 0 Å². The Morgan fingerprint density at radius 3 is 2.71 bits per heavy atom. The Morgan fingerprint density at radius 1 is 1.38 bits per heavy atom. The number of carbonyl (C=O) groups excluding carboxylic acids is 1. The summed E-state index contributed by atoms with van der Waals surface area (Å²) in [6, 6.07) is 3.41. The van der Waals surface area contributed by atoms with Crippen molar-refractivity contribution in [2.75, 3.05) is 12.3 Å². The molecule has 1 aliphatic carbocycles. The van der Waals surface area contributed by atoms with E-state index in [4.69, 9.17) is 5.73 Å². The highest BCUT2D eigenvalue weighted by Crippen LogP contribution is 2.19. The molecule has 1 saturated carbocycles. The van der Waals surface area contributed by atoms with Crippen molar-refractivity contribution in [2.45, 2.75) is 36.6 Å². The largest absolute Gasteiger partial charge is 0.398 e. The summed E-state index contributed by atoms with van der Waals surface area (Å²) in [4.78, 5) is 11.3. The Bertz CT molecular complexity index is 630. The zero-order valence-corrected chi connectivity index (χ0v) is 12.2. The van der Waals surface area contributed by atoms with Crippen molar-refractivity contribution in [3.63, 3.8) is 0 Å². The van der Waals surface area contributed by atoms with Crippen molar-refractivity contribution >= 4 is 21.6 Å². The van der Waals surface area contributed by atoms with Crippen LogP contribution in [-0.2, 0) is 14.8 Å². The second-order valence-electron chi connectivity index (χ2n) is 5.03. The number of hydrogen-bond donors (Lipinski definition) is 3. The van der Waals surface area contributed by atoms with Gasteiger partial charge in [-0.3, -0.25) is 4.79 Å². The molecule has 0 radical (unpaired) electrons. The lowest BCUT2D eigenvalue weighted by Crippen LogP contribution is -2.29. The van der Waals surface area contributed by atoms with Crippen LogP contribution >= 0.6 is 0 Å². The number of carbonyl (C=O) groups is 1. The van der Waals surface area contributed by atoms with Crippen LogP contribution in [0.4, 0.5) is 10.1 Å². The van der Waals surface area contributed by atoms with Crippen LogP contribution in [0.1, 0.15) is 25.7 Å². The minimum atomic E-state index is -3.79. The maximum atomic E-state index is 12.9. The maximum Gasteiger partial charge on any atom is 0.242 e.